The molecule has 0 bridgehead atoms. The number of carbonyl (C=O) groups is 1. The van der Waals surface area contributed by atoms with Crippen molar-refractivity contribution in [2.75, 3.05) is 6.54 Å². The SMILES string of the molecule is Cc1cc(C)c(C)c(CCCC(C)CC(CN)C(=O)O)c1. The fraction of sp³-hybridized carbons (Fsp3) is 0.611. The lowest BCUT2D eigenvalue weighted by Crippen LogP contribution is -2.25. The minimum Gasteiger partial charge on any atom is -0.481 e. The maximum atomic E-state index is 11.0. The van der Waals surface area contributed by atoms with Gasteiger partial charge in [0.05, 0.1) is 5.92 Å². The number of nitrogens with two attached hydrogens (primary N) is 1. The van der Waals surface area contributed by atoms with E-state index in [1.165, 1.54) is 22.3 Å². The number of hydrogen-bond donors (Lipinski definition) is 2. The summed E-state index contributed by atoms with van der Waals surface area (Å²) in [5.74, 6) is -0.765. The molecule has 0 aliphatic carbocycles. The van der Waals surface area contributed by atoms with Crippen molar-refractivity contribution in [3.8, 4) is 0 Å². The highest BCUT2D eigenvalue weighted by molar-refractivity contribution is 5.70. The van der Waals surface area contributed by atoms with Crippen molar-refractivity contribution < 1.29 is 9.90 Å². The summed E-state index contributed by atoms with van der Waals surface area (Å²) in [6.45, 7) is 8.84. The zero-order valence-electron chi connectivity index (χ0n) is 13.8. The second kappa shape index (κ2) is 8.18. The van der Waals surface area contributed by atoms with Crippen LogP contribution in [0.3, 0.4) is 0 Å². The van der Waals surface area contributed by atoms with Crippen molar-refractivity contribution in [1.29, 1.82) is 0 Å². The molecular formula is C18H29NO2. The molecule has 0 fully saturated rings. The summed E-state index contributed by atoms with van der Waals surface area (Å²) in [6, 6.07) is 4.49. The van der Waals surface area contributed by atoms with Crippen LogP contribution in [-0.4, -0.2) is 17.6 Å². The van der Waals surface area contributed by atoms with Gasteiger partial charge in [0, 0.05) is 6.54 Å². The van der Waals surface area contributed by atoms with Crippen molar-refractivity contribution >= 4 is 5.97 Å². The summed E-state index contributed by atoms with van der Waals surface area (Å²) in [5, 5.41) is 9.04. The van der Waals surface area contributed by atoms with Gasteiger partial charge in [-0.05, 0) is 62.6 Å². The molecule has 0 aliphatic rings. The summed E-state index contributed by atoms with van der Waals surface area (Å²) in [7, 11) is 0. The van der Waals surface area contributed by atoms with Gasteiger partial charge >= 0.3 is 5.97 Å². The summed E-state index contributed by atoms with van der Waals surface area (Å²) in [4.78, 5) is 11.0. The monoisotopic (exact) mass is 291 g/mol. The van der Waals surface area contributed by atoms with Crippen LogP contribution in [0.15, 0.2) is 12.1 Å². The quantitative estimate of drug-likeness (QED) is 0.769. The molecule has 0 aromatic heterocycles. The molecule has 0 amide bonds. The Morgan fingerprint density at radius 3 is 2.52 bits per heavy atom. The number of carboxylic acid groups (broad SMARTS) is 1. The zero-order chi connectivity index (χ0) is 16.0. The fourth-order valence-corrected chi connectivity index (χ4v) is 2.93. The Morgan fingerprint density at radius 1 is 1.29 bits per heavy atom. The van der Waals surface area contributed by atoms with E-state index in [1.807, 2.05) is 0 Å². The van der Waals surface area contributed by atoms with Crippen molar-refractivity contribution in [2.24, 2.45) is 17.6 Å². The van der Waals surface area contributed by atoms with E-state index >= 15 is 0 Å². The van der Waals surface area contributed by atoms with Gasteiger partial charge in [-0.15, -0.1) is 0 Å². The first kappa shape index (κ1) is 17.7. The third kappa shape index (κ3) is 5.50. The van der Waals surface area contributed by atoms with Gasteiger partial charge in [-0.3, -0.25) is 4.79 Å². The highest BCUT2D eigenvalue weighted by atomic mass is 16.4. The molecule has 0 saturated carbocycles. The average molecular weight is 291 g/mol. The molecule has 0 saturated heterocycles. The molecule has 0 aliphatic heterocycles. The number of carboxylic acids is 1. The van der Waals surface area contributed by atoms with Crippen LogP contribution in [-0.2, 0) is 11.2 Å². The van der Waals surface area contributed by atoms with Crippen LogP contribution >= 0.6 is 0 Å². The highest BCUT2D eigenvalue weighted by Gasteiger charge is 2.18. The smallest absolute Gasteiger partial charge is 0.307 e. The Bertz CT molecular complexity index is 482. The topological polar surface area (TPSA) is 63.3 Å². The Hall–Kier alpha value is -1.35. The normalized spacial score (nSPS) is 14.0. The lowest BCUT2D eigenvalue weighted by molar-refractivity contribution is -0.141. The third-order valence-corrected chi connectivity index (χ3v) is 4.38. The second-order valence-electron chi connectivity index (χ2n) is 6.37. The summed E-state index contributed by atoms with van der Waals surface area (Å²) in [5.41, 5.74) is 11.0. The standard InChI is InChI=1S/C18H29NO2/c1-12(9-17(11-19)18(20)21)6-5-7-16-10-13(2)8-14(3)15(16)4/h8,10,12,17H,5-7,9,11,19H2,1-4H3,(H,20,21). The lowest BCUT2D eigenvalue weighted by Gasteiger charge is -2.16. The zero-order valence-corrected chi connectivity index (χ0v) is 13.8. The Morgan fingerprint density at radius 2 is 1.95 bits per heavy atom. The molecule has 1 aromatic rings. The molecule has 3 N–H and O–H groups in total. The molecule has 1 rings (SSSR count). The van der Waals surface area contributed by atoms with E-state index in [-0.39, 0.29) is 6.54 Å². The molecule has 0 heterocycles. The van der Waals surface area contributed by atoms with Gasteiger partial charge < -0.3 is 10.8 Å². The van der Waals surface area contributed by atoms with Crippen LogP contribution in [0.25, 0.3) is 0 Å². The third-order valence-electron chi connectivity index (χ3n) is 4.38. The molecule has 118 valence electrons. The molecule has 2 unspecified atom stereocenters. The first-order valence-corrected chi connectivity index (χ1v) is 7.84. The van der Waals surface area contributed by atoms with Crippen molar-refractivity contribution in [2.45, 2.75) is 53.4 Å². The van der Waals surface area contributed by atoms with Crippen LogP contribution in [0, 0.1) is 32.6 Å². The van der Waals surface area contributed by atoms with E-state index in [2.05, 4.69) is 39.8 Å². The molecule has 1 aromatic carbocycles. The van der Waals surface area contributed by atoms with Gasteiger partial charge in [0.15, 0.2) is 0 Å². The fourth-order valence-electron chi connectivity index (χ4n) is 2.93. The van der Waals surface area contributed by atoms with E-state index < -0.39 is 11.9 Å². The van der Waals surface area contributed by atoms with Crippen LogP contribution < -0.4 is 5.73 Å². The number of benzene rings is 1. The largest absolute Gasteiger partial charge is 0.481 e. The highest BCUT2D eigenvalue weighted by Crippen LogP contribution is 2.21. The van der Waals surface area contributed by atoms with E-state index in [0.29, 0.717) is 12.3 Å². The van der Waals surface area contributed by atoms with Crippen LogP contribution in [0.5, 0.6) is 0 Å². The van der Waals surface area contributed by atoms with Crippen LogP contribution in [0.2, 0.25) is 0 Å². The number of rotatable bonds is 8. The van der Waals surface area contributed by atoms with Gasteiger partial charge in [0.2, 0.25) is 0 Å². The second-order valence-corrected chi connectivity index (χ2v) is 6.37. The minimum atomic E-state index is -0.769. The molecular weight excluding hydrogens is 262 g/mol. The Kier molecular flexibility index (Phi) is 6.90. The molecule has 0 radical (unpaired) electrons. The van der Waals surface area contributed by atoms with E-state index in [0.717, 1.165) is 19.3 Å². The maximum Gasteiger partial charge on any atom is 0.307 e. The predicted molar refractivity (Wildman–Crippen MR) is 87.6 cm³/mol. The molecule has 2 atom stereocenters. The molecule has 0 spiro atoms. The summed E-state index contributed by atoms with van der Waals surface area (Å²) < 4.78 is 0. The first-order valence-electron chi connectivity index (χ1n) is 7.84. The lowest BCUT2D eigenvalue weighted by atomic mass is 9.90. The van der Waals surface area contributed by atoms with Gasteiger partial charge in [-0.2, -0.15) is 0 Å². The minimum absolute atomic E-state index is 0.232. The maximum absolute atomic E-state index is 11.0. The number of aliphatic carboxylic acids is 1. The number of aryl methyl sites for hydroxylation is 3. The van der Waals surface area contributed by atoms with Gasteiger partial charge in [0.25, 0.3) is 0 Å². The van der Waals surface area contributed by atoms with Gasteiger partial charge in [-0.25, -0.2) is 0 Å². The average Bonchev–Trinajstić information content (AvgIpc) is 2.41. The first-order chi connectivity index (χ1) is 9.85. The predicted octanol–water partition coefficient (Wildman–Crippen LogP) is 3.62. The van der Waals surface area contributed by atoms with Crippen molar-refractivity contribution in [3.05, 3.63) is 34.4 Å². The van der Waals surface area contributed by atoms with Gasteiger partial charge in [0.1, 0.15) is 0 Å². The molecule has 3 nitrogen and oxygen atoms in total. The summed E-state index contributed by atoms with van der Waals surface area (Å²) >= 11 is 0. The van der Waals surface area contributed by atoms with Gasteiger partial charge in [-0.1, -0.05) is 31.0 Å². The molecule has 21 heavy (non-hydrogen) atoms. The van der Waals surface area contributed by atoms with E-state index in [4.69, 9.17) is 10.8 Å². The van der Waals surface area contributed by atoms with Crippen molar-refractivity contribution in [3.63, 3.8) is 0 Å². The molecule has 3 heteroatoms. The summed E-state index contributed by atoms with van der Waals surface area (Å²) in [6.07, 6.45) is 3.90. The van der Waals surface area contributed by atoms with E-state index in [1.54, 1.807) is 0 Å². The van der Waals surface area contributed by atoms with Crippen LogP contribution in [0.4, 0.5) is 0 Å². The van der Waals surface area contributed by atoms with Crippen molar-refractivity contribution in [1.82, 2.24) is 0 Å². The Balaban J connectivity index is 2.48. The Labute approximate surface area is 128 Å². The number of hydrogen-bond acceptors (Lipinski definition) is 2. The van der Waals surface area contributed by atoms with Crippen LogP contribution in [0.1, 0.15) is 48.4 Å². The van der Waals surface area contributed by atoms with E-state index in [9.17, 15) is 4.79 Å².